The maximum atomic E-state index is 13.3. The number of para-hydroxylation sites is 1. The Bertz CT molecular complexity index is 1170. The van der Waals surface area contributed by atoms with Crippen molar-refractivity contribution >= 4 is 21.9 Å². The minimum absolute atomic E-state index is 0.108. The van der Waals surface area contributed by atoms with Gasteiger partial charge in [0.15, 0.2) is 0 Å². The summed E-state index contributed by atoms with van der Waals surface area (Å²) in [6.07, 6.45) is -5.08. The van der Waals surface area contributed by atoms with E-state index in [-0.39, 0.29) is 24.7 Å². The molecule has 0 saturated carbocycles. The first-order chi connectivity index (χ1) is 17.3. The van der Waals surface area contributed by atoms with Crippen LogP contribution in [-0.2, 0) is 21.4 Å². The molecule has 1 aliphatic heterocycles. The van der Waals surface area contributed by atoms with Crippen LogP contribution in [0.15, 0.2) is 48.5 Å². The Labute approximate surface area is 213 Å². The average Bonchev–Trinajstić information content (AvgIpc) is 2.86. The van der Waals surface area contributed by atoms with E-state index in [4.69, 9.17) is 14.6 Å². The molecule has 1 fully saturated rings. The number of aliphatic carboxylic acids is 1. The van der Waals surface area contributed by atoms with Crippen molar-refractivity contribution in [1.82, 2.24) is 14.5 Å². The van der Waals surface area contributed by atoms with Gasteiger partial charge in [-0.3, -0.25) is 4.79 Å². The summed E-state index contributed by atoms with van der Waals surface area (Å²) in [6.45, 7) is 4.52. The van der Waals surface area contributed by atoms with Gasteiger partial charge in [0.05, 0.1) is 12.9 Å². The van der Waals surface area contributed by atoms with Crippen molar-refractivity contribution in [3.05, 3.63) is 65.2 Å². The summed E-state index contributed by atoms with van der Waals surface area (Å²) in [4.78, 5) is 23.7. The van der Waals surface area contributed by atoms with E-state index in [1.165, 1.54) is 4.31 Å². The molecule has 204 valence electrons. The van der Waals surface area contributed by atoms with Gasteiger partial charge in [0.1, 0.15) is 5.75 Å². The lowest BCUT2D eigenvalue weighted by molar-refractivity contribution is -0.192. The van der Waals surface area contributed by atoms with Crippen molar-refractivity contribution in [3.63, 3.8) is 0 Å². The molecule has 0 bridgehead atoms. The third-order valence-corrected chi connectivity index (χ3v) is 7.29. The highest BCUT2D eigenvalue weighted by atomic mass is 32.2. The number of carboxylic acids is 1. The molecule has 3 rings (SSSR count). The Balaban J connectivity index is 0.000000604. The van der Waals surface area contributed by atoms with Gasteiger partial charge >= 0.3 is 12.1 Å². The number of nitrogens with zero attached hydrogens (tertiary/aromatic N) is 2. The van der Waals surface area contributed by atoms with E-state index in [2.05, 4.69) is 5.32 Å². The summed E-state index contributed by atoms with van der Waals surface area (Å²) in [7, 11) is -1.86. The van der Waals surface area contributed by atoms with Crippen LogP contribution in [0.2, 0.25) is 0 Å². The van der Waals surface area contributed by atoms with Crippen molar-refractivity contribution < 1.29 is 41.0 Å². The molecule has 0 spiro atoms. The smallest absolute Gasteiger partial charge is 0.490 e. The summed E-state index contributed by atoms with van der Waals surface area (Å²) in [5, 5.41) is 10.3. The second kappa shape index (κ2) is 13.4. The number of piperazine rings is 1. The summed E-state index contributed by atoms with van der Waals surface area (Å²) in [5.74, 6) is -2.39. The zero-order valence-electron chi connectivity index (χ0n) is 20.5. The van der Waals surface area contributed by atoms with Crippen molar-refractivity contribution in [2.75, 3.05) is 45.6 Å². The third-order valence-electron chi connectivity index (χ3n) is 5.44. The van der Waals surface area contributed by atoms with Gasteiger partial charge in [-0.15, -0.1) is 0 Å². The molecule has 0 unspecified atom stereocenters. The van der Waals surface area contributed by atoms with Crippen molar-refractivity contribution in [2.24, 2.45) is 0 Å². The molecule has 9 nitrogen and oxygen atoms in total. The van der Waals surface area contributed by atoms with E-state index in [1.54, 1.807) is 18.1 Å². The molecule has 2 N–H and O–H groups in total. The molecule has 2 aromatic carbocycles. The van der Waals surface area contributed by atoms with Gasteiger partial charge in [0, 0.05) is 50.4 Å². The zero-order chi connectivity index (χ0) is 27.6. The molecule has 0 atom stereocenters. The fourth-order valence-corrected chi connectivity index (χ4v) is 4.98. The topological polar surface area (TPSA) is 116 Å². The fourth-order valence-electron chi connectivity index (χ4n) is 3.53. The largest absolute Gasteiger partial charge is 0.496 e. The summed E-state index contributed by atoms with van der Waals surface area (Å²) in [5.41, 5.74) is 2.36. The van der Waals surface area contributed by atoms with Gasteiger partial charge in [-0.2, -0.15) is 17.5 Å². The molecule has 0 aromatic heterocycles. The molecule has 0 aliphatic carbocycles. The Morgan fingerprint density at radius 2 is 1.73 bits per heavy atom. The maximum absolute atomic E-state index is 13.3. The number of aryl methyl sites for hydroxylation is 1. The minimum Gasteiger partial charge on any atom is -0.496 e. The third kappa shape index (κ3) is 9.34. The highest BCUT2D eigenvalue weighted by Gasteiger charge is 2.38. The lowest BCUT2D eigenvalue weighted by atomic mass is 10.1. The number of sulfonamides is 1. The minimum atomic E-state index is -5.08. The summed E-state index contributed by atoms with van der Waals surface area (Å²) < 4.78 is 64.3. The van der Waals surface area contributed by atoms with E-state index < -0.39 is 22.2 Å². The molecule has 1 amide bonds. The molecule has 37 heavy (non-hydrogen) atoms. The Hall–Kier alpha value is -3.16. The number of rotatable bonds is 8. The van der Waals surface area contributed by atoms with E-state index in [1.807, 2.05) is 49.4 Å². The van der Waals surface area contributed by atoms with Crippen LogP contribution in [0.4, 0.5) is 13.2 Å². The van der Waals surface area contributed by atoms with Gasteiger partial charge < -0.3 is 20.1 Å². The first-order valence-electron chi connectivity index (χ1n) is 11.3. The number of carbonyl (C=O) groups is 2. The van der Waals surface area contributed by atoms with Crippen LogP contribution in [0.5, 0.6) is 5.75 Å². The van der Waals surface area contributed by atoms with Crippen LogP contribution in [0.3, 0.4) is 0 Å². The molecular formula is C24H30F3N3O6S. The number of halogens is 3. The van der Waals surface area contributed by atoms with Gasteiger partial charge in [-0.05, 0) is 25.1 Å². The Kier molecular flexibility index (Phi) is 10.9. The van der Waals surface area contributed by atoms with Crippen LogP contribution in [0.25, 0.3) is 0 Å². The monoisotopic (exact) mass is 545 g/mol. The molecule has 1 saturated heterocycles. The SMILES string of the molecule is COc1ccccc1CN(CCS(=O)(=O)N1CCNCC1)C(=O)c1cccc(C)c1.O=C(O)C(F)(F)F. The lowest BCUT2D eigenvalue weighted by Crippen LogP contribution is -2.48. The van der Waals surface area contributed by atoms with E-state index in [0.717, 1.165) is 11.1 Å². The highest BCUT2D eigenvalue weighted by molar-refractivity contribution is 7.89. The van der Waals surface area contributed by atoms with Gasteiger partial charge in [-0.1, -0.05) is 35.9 Å². The molecule has 1 heterocycles. The molecule has 0 radical (unpaired) electrons. The number of methoxy groups -OCH3 is 1. The number of benzene rings is 2. The summed E-state index contributed by atoms with van der Waals surface area (Å²) >= 11 is 0. The van der Waals surface area contributed by atoms with E-state index in [0.29, 0.717) is 37.5 Å². The van der Waals surface area contributed by atoms with Crippen LogP contribution >= 0.6 is 0 Å². The highest BCUT2D eigenvalue weighted by Crippen LogP contribution is 2.21. The first-order valence-corrected chi connectivity index (χ1v) is 12.9. The molecule has 1 aliphatic rings. The quantitative estimate of drug-likeness (QED) is 0.524. The number of alkyl halides is 3. The fraction of sp³-hybridized carbons (Fsp3) is 0.417. The van der Waals surface area contributed by atoms with Crippen molar-refractivity contribution in [1.29, 1.82) is 0 Å². The average molecular weight is 546 g/mol. The van der Waals surface area contributed by atoms with Crippen LogP contribution in [-0.4, -0.2) is 86.4 Å². The lowest BCUT2D eigenvalue weighted by Gasteiger charge is -2.29. The van der Waals surface area contributed by atoms with Crippen LogP contribution in [0.1, 0.15) is 21.5 Å². The second-order valence-corrected chi connectivity index (χ2v) is 10.3. The number of amides is 1. The van der Waals surface area contributed by atoms with E-state index >= 15 is 0 Å². The molecule has 13 heteroatoms. The van der Waals surface area contributed by atoms with Crippen LogP contribution in [0, 0.1) is 6.92 Å². The number of carbonyl (C=O) groups excluding carboxylic acids is 1. The predicted molar refractivity (Wildman–Crippen MR) is 131 cm³/mol. The Morgan fingerprint density at radius 1 is 1.11 bits per heavy atom. The van der Waals surface area contributed by atoms with Crippen molar-refractivity contribution in [3.8, 4) is 5.75 Å². The van der Waals surface area contributed by atoms with E-state index in [9.17, 15) is 26.4 Å². The molecular weight excluding hydrogens is 515 g/mol. The normalized spacial score (nSPS) is 14.3. The Morgan fingerprint density at radius 3 is 2.30 bits per heavy atom. The number of hydrogen-bond donors (Lipinski definition) is 2. The summed E-state index contributed by atoms with van der Waals surface area (Å²) in [6, 6.07) is 14.8. The van der Waals surface area contributed by atoms with Gasteiger partial charge in [0.25, 0.3) is 5.91 Å². The first kappa shape index (κ1) is 30.1. The standard InChI is InChI=1S/C22H29N3O4S.C2HF3O2/c1-18-6-5-8-19(16-18)22(26)24(17-20-7-3-4-9-21(20)29-2)14-15-30(27,28)25-12-10-23-11-13-25;3-2(4,5)1(6)7/h3-9,16,23H,10-15,17H2,1-2H3;(H,6,7). The number of nitrogens with one attached hydrogen (secondary N) is 1. The van der Waals surface area contributed by atoms with Crippen LogP contribution < -0.4 is 10.1 Å². The van der Waals surface area contributed by atoms with Crippen molar-refractivity contribution in [2.45, 2.75) is 19.6 Å². The maximum Gasteiger partial charge on any atom is 0.490 e. The zero-order valence-corrected chi connectivity index (χ0v) is 21.3. The number of hydrogen-bond acceptors (Lipinski definition) is 6. The second-order valence-electron chi connectivity index (χ2n) is 8.18. The predicted octanol–water partition coefficient (Wildman–Crippen LogP) is 2.51. The number of carboxylic acid groups (broad SMARTS) is 1. The number of ether oxygens (including phenoxy) is 1. The van der Waals surface area contributed by atoms with Gasteiger partial charge in [0.2, 0.25) is 10.0 Å². The molecule has 2 aromatic rings. The van der Waals surface area contributed by atoms with Gasteiger partial charge in [-0.25, -0.2) is 13.2 Å².